The Bertz CT molecular complexity index is 557. The van der Waals surface area contributed by atoms with Gasteiger partial charge in [0.05, 0.1) is 30.4 Å². The van der Waals surface area contributed by atoms with Crippen molar-refractivity contribution < 1.29 is 5.11 Å². The summed E-state index contributed by atoms with van der Waals surface area (Å²) in [5, 5.41) is 12.8. The van der Waals surface area contributed by atoms with E-state index in [9.17, 15) is 5.11 Å². The van der Waals surface area contributed by atoms with Crippen molar-refractivity contribution in [3.05, 3.63) is 28.8 Å². The van der Waals surface area contributed by atoms with Gasteiger partial charge in [-0.15, -0.1) is 11.3 Å². The van der Waals surface area contributed by atoms with Gasteiger partial charge >= 0.3 is 0 Å². The molecule has 0 radical (unpaired) electrons. The summed E-state index contributed by atoms with van der Waals surface area (Å²) in [4.78, 5) is 5.68. The second-order valence-corrected chi connectivity index (χ2v) is 7.05. The monoisotopic (exact) mass is 288 g/mol. The van der Waals surface area contributed by atoms with Gasteiger partial charge in [-0.1, -0.05) is 19.3 Å². The molecule has 0 bridgehead atoms. The Morgan fingerprint density at radius 1 is 1.35 bits per heavy atom. The van der Waals surface area contributed by atoms with Crippen LogP contribution >= 0.6 is 11.3 Å². The average Bonchev–Trinajstić information content (AvgIpc) is 3.16. The highest BCUT2D eigenvalue weighted by Gasteiger charge is 2.33. The Labute approximate surface area is 123 Å². The van der Waals surface area contributed by atoms with Gasteiger partial charge in [-0.2, -0.15) is 0 Å². The summed E-state index contributed by atoms with van der Waals surface area (Å²) in [5.41, 5.74) is 2.52. The molecular formula is C16H20N2OS. The van der Waals surface area contributed by atoms with Crippen LogP contribution in [0.25, 0.3) is 11.3 Å². The fourth-order valence-electron chi connectivity index (χ4n) is 3.84. The predicted molar refractivity (Wildman–Crippen MR) is 80.9 cm³/mol. The van der Waals surface area contributed by atoms with Gasteiger partial charge in [0.15, 0.2) is 0 Å². The molecule has 4 heteroatoms. The highest BCUT2D eigenvalue weighted by molar-refractivity contribution is 7.10. The van der Waals surface area contributed by atoms with Crippen molar-refractivity contribution in [2.75, 3.05) is 0 Å². The van der Waals surface area contributed by atoms with E-state index in [0.717, 1.165) is 6.42 Å². The lowest BCUT2D eigenvalue weighted by Crippen LogP contribution is -2.26. The molecule has 106 valence electrons. The molecular weight excluding hydrogens is 268 g/mol. The zero-order chi connectivity index (χ0) is 13.5. The molecule has 20 heavy (non-hydrogen) atoms. The van der Waals surface area contributed by atoms with Gasteiger partial charge in [0.2, 0.25) is 0 Å². The molecule has 2 atom stereocenters. The number of aliphatic hydroxyl groups is 1. The molecule has 1 N–H and O–H groups in total. The Kier molecular flexibility index (Phi) is 3.15. The molecule has 4 rings (SSSR count). The fraction of sp³-hybridized carbons (Fsp3) is 0.562. The van der Waals surface area contributed by atoms with Crippen molar-refractivity contribution in [1.29, 1.82) is 0 Å². The first kappa shape index (κ1) is 12.6. The predicted octanol–water partition coefficient (Wildman–Crippen LogP) is 3.85. The first-order valence-corrected chi connectivity index (χ1v) is 8.50. The summed E-state index contributed by atoms with van der Waals surface area (Å²) < 4.78 is 2.24. The minimum absolute atomic E-state index is 0.177. The van der Waals surface area contributed by atoms with Gasteiger partial charge in [-0.3, -0.25) is 0 Å². The van der Waals surface area contributed by atoms with Crippen molar-refractivity contribution in [3.8, 4) is 11.3 Å². The standard InChI is InChI=1S/C16H20N2OS/c19-15(11-4-2-1-3-5-11)8-13-16-12(6-7-20-16)14-9-17-10-18(13)14/h6-7,9-11,13,15,19H,1-5,8H2/t13-,15-/m1/s1. The number of thiophene rings is 1. The van der Waals surface area contributed by atoms with Crippen LogP contribution in [-0.2, 0) is 0 Å². The largest absolute Gasteiger partial charge is 0.393 e. The van der Waals surface area contributed by atoms with Crippen LogP contribution < -0.4 is 0 Å². The molecule has 1 saturated carbocycles. The zero-order valence-electron chi connectivity index (χ0n) is 11.5. The van der Waals surface area contributed by atoms with E-state index >= 15 is 0 Å². The number of rotatable bonds is 3. The van der Waals surface area contributed by atoms with E-state index in [1.165, 1.54) is 48.2 Å². The lowest BCUT2D eigenvalue weighted by molar-refractivity contribution is 0.0689. The number of fused-ring (bicyclic) bond motifs is 3. The van der Waals surface area contributed by atoms with Gasteiger partial charge in [-0.25, -0.2) is 4.98 Å². The molecule has 2 aromatic heterocycles. The second kappa shape index (κ2) is 5.01. The highest BCUT2D eigenvalue weighted by Crippen LogP contribution is 2.45. The topological polar surface area (TPSA) is 38.1 Å². The molecule has 0 aromatic carbocycles. The summed E-state index contributed by atoms with van der Waals surface area (Å²) in [6.45, 7) is 0. The third-order valence-corrected chi connectivity index (χ3v) is 5.95. The van der Waals surface area contributed by atoms with E-state index in [2.05, 4.69) is 21.0 Å². The maximum atomic E-state index is 10.6. The first-order valence-electron chi connectivity index (χ1n) is 7.62. The number of hydrogen-bond donors (Lipinski definition) is 1. The van der Waals surface area contributed by atoms with Crippen LogP contribution in [0.1, 0.15) is 49.4 Å². The summed E-state index contributed by atoms with van der Waals surface area (Å²) in [6, 6.07) is 2.47. The van der Waals surface area contributed by atoms with Gasteiger partial charge < -0.3 is 9.67 Å². The molecule has 0 saturated heterocycles. The number of aliphatic hydroxyl groups excluding tert-OH is 1. The SMILES string of the molecule is O[C@H](C[C@@H]1c2sccc2-c2cncn21)C1CCCCC1. The third kappa shape index (κ3) is 1.93. The van der Waals surface area contributed by atoms with Gasteiger partial charge in [0.25, 0.3) is 0 Å². The summed E-state index contributed by atoms with van der Waals surface area (Å²) in [6.07, 6.45) is 10.8. The Balaban J connectivity index is 1.57. The zero-order valence-corrected chi connectivity index (χ0v) is 12.4. The first-order chi connectivity index (χ1) is 9.84. The van der Waals surface area contributed by atoms with Gasteiger partial charge in [-0.05, 0) is 36.6 Å². The fourth-order valence-corrected chi connectivity index (χ4v) is 4.86. The van der Waals surface area contributed by atoms with Crippen LogP contribution in [-0.4, -0.2) is 20.8 Å². The smallest absolute Gasteiger partial charge is 0.0957 e. The molecule has 0 spiro atoms. The molecule has 1 aliphatic heterocycles. The van der Waals surface area contributed by atoms with E-state index < -0.39 is 0 Å². The van der Waals surface area contributed by atoms with Crippen molar-refractivity contribution in [1.82, 2.24) is 9.55 Å². The molecule has 1 aliphatic carbocycles. The van der Waals surface area contributed by atoms with E-state index in [4.69, 9.17) is 0 Å². The lowest BCUT2D eigenvalue weighted by atomic mass is 9.83. The van der Waals surface area contributed by atoms with Crippen LogP contribution in [0.15, 0.2) is 24.0 Å². The number of imidazole rings is 1. The average molecular weight is 288 g/mol. The molecule has 2 aliphatic rings. The van der Waals surface area contributed by atoms with Crippen molar-refractivity contribution >= 4 is 11.3 Å². The molecule has 2 aromatic rings. The van der Waals surface area contributed by atoms with E-state index in [1.807, 2.05) is 23.9 Å². The van der Waals surface area contributed by atoms with Crippen molar-refractivity contribution in [2.24, 2.45) is 5.92 Å². The number of nitrogens with zero attached hydrogens (tertiary/aromatic N) is 2. The van der Waals surface area contributed by atoms with E-state index in [1.54, 1.807) is 0 Å². The van der Waals surface area contributed by atoms with Gasteiger partial charge in [0, 0.05) is 10.4 Å². The van der Waals surface area contributed by atoms with E-state index in [0.29, 0.717) is 12.0 Å². The number of aromatic nitrogens is 2. The third-order valence-electron chi connectivity index (χ3n) is 4.93. The lowest BCUT2D eigenvalue weighted by Gasteiger charge is -2.28. The molecule has 1 fully saturated rings. The molecule has 3 nitrogen and oxygen atoms in total. The van der Waals surface area contributed by atoms with Gasteiger partial charge in [0.1, 0.15) is 0 Å². The summed E-state index contributed by atoms with van der Waals surface area (Å²) >= 11 is 1.81. The maximum absolute atomic E-state index is 10.6. The van der Waals surface area contributed by atoms with Crippen LogP contribution in [0.2, 0.25) is 0 Å². The molecule has 0 unspecified atom stereocenters. The summed E-state index contributed by atoms with van der Waals surface area (Å²) in [7, 11) is 0. The van der Waals surface area contributed by atoms with Crippen molar-refractivity contribution in [2.45, 2.75) is 50.7 Å². The maximum Gasteiger partial charge on any atom is 0.0957 e. The molecule has 0 amide bonds. The quantitative estimate of drug-likeness (QED) is 0.931. The Morgan fingerprint density at radius 2 is 2.20 bits per heavy atom. The summed E-state index contributed by atoms with van der Waals surface area (Å²) in [5.74, 6) is 0.500. The number of hydrogen-bond acceptors (Lipinski definition) is 3. The minimum Gasteiger partial charge on any atom is -0.393 e. The van der Waals surface area contributed by atoms with E-state index in [-0.39, 0.29) is 6.10 Å². The second-order valence-electron chi connectivity index (χ2n) is 6.10. The highest BCUT2D eigenvalue weighted by atomic mass is 32.1. The minimum atomic E-state index is -0.177. The van der Waals surface area contributed by atoms with Crippen LogP contribution in [0, 0.1) is 5.92 Å². The van der Waals surface area contributed by atoms with Crippen LogP contribution in [0.3, 0.4) is 0 Å². The van der Waals surface area contributed by atoms with Crippen molar-refractivity contribution in [3.63, 3.8) is 0 Å². The van der Waals surface area contributed by atoms with Crippen LogP contribution in [0.4, 0.5) is 0 Å². The Morgan fingerprint density at radius 3 is 3.05 bits per heavy atom. The normalized spacial score (nSPS) is 23.6. The Hall–Kier alpha value is -1.13. The van der Waals surface area contributed by atoms with Crippen LogP contribution in [0.5, 0.6) is 0 Å². The molecule has 3 heterocycles.